The van der Waals surface area contributed by atoms with E-state index in [2.05, 4.69) is 22.8 Å². The van der Waals surface area contributed by atoms with E-state index in [1.54, 1.807) is 11.3 Å². The summed E-state index contributed by atoms with van der Waals surface area (Å²) in [6, 6.07) is 2.10. The first kappa shape index (κ1) is 13.4. The summed E-state index contributed by atoms with van der Waals surface area (Å²) >= 11 is 0. The molecule has 0 aromatic rings. The average molecular weight is 249 g/mol. The lowest BCUT2D eigenvalue weighted by Crippen LogP contribution is -2.46. The van der Waals surface area contributed by atoms with Crippen molar-refractivity contribution in [3.05, 3.63) is 11.3 Å². The van der Waals surface area contributed by atoms with Gasteiger partial charge in [-0.25, -0.2) is 0 Å². The van der Waals surface area contributed by atoms with E-state index in [0.29, 0.717) is 19.8 Å². The molecule has 0 bridgehead atoms. The standard InChI is InChI=1S/C14H23N3O/c1-2-14(13-4-5-13)17-9-7-16(8-10-17)12-18-11-3-6-15/h2-5,7-12H2,1H3. The minimum atomic E-state index is 0.492. The maximum atomic E-state index is 8.43. The third-order valence-electron chi connectivity index (χ3n) is 3.63. The van der Waals surface area contributed by atoms with Crippen LogP contribution in [0.1, 0.15) is 32.6 Å². The molecule has 0 amide bonds. The molecule has 18 heavy (non-hydrogen) atoms. The number of nitrogens with zero attached hydrogens (tertiary/aromatic N) is 3. The van der Waals surface area contributed by atoms with Crippen LogP contribution >= 0.6 is 0 Å². The predicted octanol–water partition coefficient (Wildman–Crippen LogP) is 1.95. The van der Waals surface area contributed by atoms with Gasteiger partial charge in [-0.15, -0.1) is 0 Å². The molecule has 1 aliphatic carbocycles. The summed E-state index contributed by atoms with van der Waals surface area (Å²) in [5, 5.41) is 8.43. The van der Waals surface area contributed by atoms with Crippen LogP contribution in [0.25, 0.3) is 0 Å². The Kier molecular flexibility index (Phi) is 5.03. The zero-order chi connectivity index (χ0) is 12.8. The van der Waals surface area contributed by atoms with Crippen LogP contribution in [-0.4, -0.2) is 49.3 Å². The molecule has 4 nitrogen and oxygen atoms in total. The highest BCUT2D eigenvalue weighted by molar-refractivity contribution is 5.24. The summed E-state index contributed by atoms with van der Waals surface area (Å²) in [5.74, 6) is 0. The third kappa shape index (κ3) is 3.72. The van der Waals surface area contributed by atoms with Crippen molar-refractivity contribution in [2.24, 2.45) is 0 Å². The van der Waals surface area contributed by atoms with Crippen LogP contribution in [0.2, 0.25) is 0 Å². The van der Waals surface area contributed by atoms with Crippen LogP contribution in [0, 0.1) is 11.3 Å². The first-order valence-electron chi connectivity index (χ1n) is 6.98. The van der Waals surface area contributed by atoms with Crippen molar-refractivity contribution in [3.63, 3.8) is 0 Å². The minimum Gasteiger partial charge on any atom is -0.372 e. The average Bonchev–Trinajstić information content (AvgIpc) is 3.22. The summed E-state index contributed by atoms with van der Waals surface area (Å²) in [4.78, 5) is 4.88. The number of nitriles is 1. The van der Waals surface area contributed by atoms with Gasteiger partial charge in [0.25, 0.3) is 0 Å². The Hall–Kier alpha value is -1.05. The first-order chi connectivity index (χ1) is 8.85. The molecule has 4 heteroatoms. The highest BCUT2D eigenvalue weighted by Gasteiger charge is 2.24. The molecule has 0 spiro atoms. The molecule has 0 unspecified atom stereocenters. The van der Waals surface area contributed by atoms with Gasteiger partial charge in [0.2, 0.25) is 0 Å². The second kappa shape index (κ2) is 6.77. The monoisotopic (exact) mass is 249 g/mol. The van der Waals surface area contributed by atoms with E-state index in [1.807, 2.05) is 0 Å². The van der Waals surface area contributed by atoms with Crippen molar-refractivity contribution in [3.8, 4) is 6.07 Å². The van der Waals surface area contributed by atoms with Gasteiger partial charge in [0.1, 0.15) is 0 Å². The summed E-state index contributed by atoms with van der Waals surface area (Å²) < 4.78 is 5.47. The van der Waals surface area contributed by atoms with Gasteiger partial charge in [-0.05, 0) is 19.3 Å². The van der Waals surface area contributed by atoms with Gasteiger partial charge in [-0.1, -0.05) is 12.5 Å². The van der Waals surface area contributed by atoms with Crippen LogP contribution in [-0.2, 0) is 4.74 Å². The van der Waals surface area contributed by atoms with Crippen LogP contribution in [0.4, 0.5) is 0 Å². The molecule has 0 radical (unpaired) electrons. The SMILES string of the molecule is CCC(=C1CC1)N1CCN(COCCC#N)CC1. The molecule has 0 N–H and O–H groups in total. The van der Waals surface area contributed by atoms with Crippen LogP contribution in [0.3, 0.4) is 0 Å². The van der Waals surface area contributed by atoms with E-state index in [9.17, 15) is 0 Å². The Morgan fingerprint density at radius 2 is 2.00 bits per heavy atom. The second-order valence-corrected chi connectivity index (χ2v) is 4.95. The third-order valence-corrected chi connectivity index (χ3v) is 3.63. The van der Waals surface area contributed by atoms with Crippen molar-refractivity contribution in [2.75, 3.05) is 39.5 Å². The maximum absolute atomic E-state index is 8.43. The highest BCUT2D eigenvalue weighted by Crippen LogP contribution is 2.34. The van der Waals surface area contributed by atoms with Gasteiger partial charge < -0.3 is 9.64 Å². The zero-order valence-corrected chi connectivity index (χ0v) is 11.3. The molecule has 0 aromatic heterocycles. The fraction of sp³-hybridized carbons (Fsp3) is 0.786. The van der Waals surface area contributed by atoms with E-state index in [1.165, 1.54) is 19.3 Å². The zero-order valence-electron chi connectivity index (χ0n) is 11.3. The van der Waals surface area contributed by atoms with Gasteiger partial charge in [0.05, 0.1) is 25.8 Å². The van der Waals surface area contributed by atoms with E-state index >= 15 is 0 Å². The van der Waals surface area contributed by atoms with E-state index in [-0.39, 0.29) is 0 Å². The Balaban J connectivity index is 1.68. The Labute approximate surface area is 110 Å². The quantitative estimate of drug-likeness (QED) is 0.675. The van der Waals surface area contributed by atoms with E-state index < -0.39 is 0 Å². The fourth-order valence-corrected chi connectivity index (χ4v) is 2.51. The van der Waals surface area contributed by atoms with Gasteiger partial charge in [-0.3, -0.25) is 4.90 Å². The minimum absolute atomic E-state index is 0.492. The molecular weight excluding hydrogens is 226 g/mol. The number of rotatable bonds is 6. The number of ether oxygens (including phenoxy) is 1. The molecule has 2 aliphatic rings. The predicted molar refractivity (Wildman–Crippen MR) is 70.7 cm³/mol. The highest BCUT2D eigenvalue weighted by atomic mass is 16.5. The number of hydrogen-bond acceptors (Lipinski definition) is 4. The largest absolute Gasteiger partial charge is 0.372 e. The second-order valence-electron chi connectivity index (χ2n) is 4.95. The maximum Gasteiger partial charge on any atom is 0.0991 e. The van der Waals surface area contributed by atoms with Crippen molar-refractivity contribution in [2.45, 2.75) is 32.6 Å². The molecule has 1 aliphatic heterocycles. The Morgan fingerprint density at radius 1 is 1.28 bits per heavy atom. The lowest BCUT2D eigenvalue weighted by molar-refractivity contribution is 0.00925. The number of allylic oxidation sites excluding steroid dienone is 2. The number of hydrogen-bond donors (Lipinski definition) is 0. The van der Waals surface area contributed by atoms with Gasteiger partial charge in [0, 0.05) is 31.9 Å². The molecule has 2 fully saturated rings. The van der Waals surface area contributed by atoms with Crippen LogP contribution in [0.15, 0.2) is 11.3 Å². The molecule has 1 saturated heterocycles. The molecular formula is C14H23N3O. The summed E-state index contributed by atoms with van der Waals surface area (Å²) in [5.41, 5.74) is 3.27. The van der Waals surface area contributed by atoms with Gasteiger partial charge >= 0.3 is 0 Å². The molecule has 0 atom stereocenters. The molecule has 1 heterocycles. The fourth-order valence-electron chi connectivity index (χ4n) is 2.51. The van der Waals surface area contributed by atoms with Gasteiger partial charge in [0.15, 0.2) is 0 Å². The lowest BCUT2D eigenvalue weighted by Gasteiger charge is -2.37. The van der Waals surface area contributed by atoms with E-state index in [0.717, 1.165) is 26.2 Å². The topological polar surface area (TPSA) is 39.5 Å². The molecule has 1 saturated carbocycles. The van der Waals surface area contributed by atoms with Crippen molar-refractivity contribution >= 4 is 0 Å². The molecule has 100 valence electrons. The summed E-state index contributed by atoms with van der Waals surface area (Å²) in [6.07, 6.45) is 4.31. The smallest absolute Gasteiger partial charge is 0.0991 e. The summed E-state index contributed by atoms with van der Waals surface area (Å²) in [6.45, 7) is 7.88. The van der Waals surface area contributed by atoms with Crippen LogP contribution in [0.5, 0.6) is 0 Å². The lowest BCUT2D eigenvalue weighted by atomic mass is 10.2. The van der Waals surface area contributed by atoms with Crippen molar-refractivity contribution in [1.29, 1.82) is 5.26 Å². The number of piperazine rings is 1. The molecule has 2 rings (SSSR count). The Bertz CT molecular complexity index is 331. The molecule has 0 aromatic carbocycles. The van der Waals surface area contributed by atoms with Crippen molar-refractivity contribution < 1.29 is 4.74 Å². The first-order valence-corrected chi connectivity index (χ1v) is 6.98. The van der Waals surface area contributed by atoms with E-state index in [4.69, 9.17) is 10.00 Å². The Morgan fingerprint density at radius 3 is 2.56 bits per heavy atom. The van der Waals surface area contributed by atoms with Crippen molar-refractivity contribution in [1.82, 2.24) is 9.80 Å². The summed E-state index contributed by atoms with van der Waals surface area (Å²) in [7, 11) is 0. The van der Waals surface area contributed by atoms with Gasteiger partial charge in [-0.2, -0.15) is 5.26 Å². The normalized spacial score (nSPS) is 19.8. The van der Waals surface area contributed by atoms with Crippen LogP contribution < -0.4 is 0 Å².